The zero-order chi connectivity index (χ0) is 14.8. The fourth-order valence-electron chi connectivity index (χ4n) is 4.00. The lowest BCUT2D eigenvalue weighted by molar-refractivity contribution is 0.160. The van der Waals surface area contributed by atoms with Crippen molar-refractivity contribution in [2.45, 2.75) is 62.8 Å². The van der Waals surface area contributed by atoms with Gasteiger partial charge in [0.1, 0.15) is 17.7 Å². The van der Waals surface area contributed by atoms with Crippen molar-refractivity contribution in [2.75, 3.05) is 0 Å². The first-order valence-electron chi connectivity index (χ1n) is 8.25. The molecule has 1 fully saturated rings. The Hall–Kier alpha value is -0.570. The van der Waals surface area contributed by atoms with Crippen LogP contribution in [0.4, 0.5) is 4.39 Å². The van der Waals surface area contributed by atoms with E-state index in [1.54, 1.807) is 12.1 Å². The van der Waals surface area contributed by atoms with Crippen molar-refractivity contribution in [1.29, 1.82) is 0 Å². The van der Waals surface area contributed by atoms with Crippen LogP contribution in [-0.2, 0) is 6.42 Å². The average Bonchev–Trinajstić information content (AvgIpc) is 2.84. The summed E-state index contributed by atoms with van der Waals surface area (Å²) in [6.45, 7) is 2.28. The van der Waals surface area contributed by atoms with Crippen LogP contribution in [0.25, 0.3) is 0 Å². The van der Waals surface area contributed by atoms with Gasteiger partial charge in [-0.2, -0.15) is 0 Å². The van der Waals surface area contributed by atoms with E-state index in [2.05, 4.69) is 22.9 Å². The Morgan fingerprint density at radius 2 is 2.19 bits per heavy atom. The quantitative estimate of drug-likeness (QED) is 0.648. The normalized spacial score (nSPS) is 31.8. The molecule has 1 aliphatic heterocycles. The van der Waals surface area contributed by atoms with E-state index in [0.29, 0.717) is 10.7 Å². The summed E-state index contributed by atoms with van der Waals surface area (Å²) in [7, 11) is 0. The Morgan fingerprint density at radius 3 is 3.00 bits per heavy atom. The van der Waals surface area contributed by atoms with Gasteiger partial charge in [-0.05, 0) is 55.7 Å². The highest BCUT2D eigenvalue weighted by Gasteiger charge is 2.33. The molecular formula is C18H24BrFO. The molecule has 0 spiro atoms. The maximum Gasteiger partial charge on any atom is 0.123 e. The van der Waals surface area contributed by atoms with Crippen molar-refractivity contribution < 1.29 is 9.13 Å². The van der Waals surface area contributed by atoms with Gasteiger partial charge in [-0.3, -0.25) is 0 Å². The van der Waals surface area contributed by atoms with Crippen molar-refractivity contribution in [3.63, 3.8) is 0 Å². The minimum atomic E-state index is -0.156. The maximum absolute atomic E-state index is 13.3. The predicted octanol–water partition coefficient (Wildman–Crippen LogP) is 5.50. The van der Waals surface area contributed by atoms with Crippen LogP contribution in [0.5, 0.6) is 5.75 Å². The molecule has 0 aromatic heterocycles. The topological polar surface area (TPSA) is 9.23 Å². The van der Waals surface area contributed by atoms with Gasteiger partial charge < -0.3 is 4.74 Å². The summed E-state index contributed by atoms with van der Waals surface area (Å²) in [5.41, 5.74) is 1.03. The van der Waals surface area contributed by atoms with Crippen LogP contribution in [0.1, 0.15) is 51.0 Å². The van der Waals surface area contributed by atoms with E-state index < -0.39 is 0 Å². The number of halogens is 2. The Balaban J connectivity index is 1.59. The highest BCUT2D eigenvalue weighted by atomic mass is 79.9. The van der Waals surface area contributed by atoms with Gasteiger partial charge in [0.15, 0.2) is 0 Å². The maximum atomic E-state index is 13.3. The van der Waals surface area contributed by atoms with Gasteiger partial charge in [0.25, 0.3) is 0 Å². The molecule has 3 rings (SSSR count). The van der Waals surface area contributed by atoms with Crippen LogP contribution in [0, 0.1) is 17.7 Å². The third-order valence-corrected chi connectivity index (χ3v) is 6.23. The van der Waals surface area contributed by atoms with Gasteiger partial charge in [-0.25, -0.2) is 4.39 Å². The van der Waals surface area contributed by atoms with E-state index in [4.69, 9.17) is 4.74 Å². The van der Waals surface area contributed by atoms with Crippen molar-refractivity contribution in [1.82, 2.24) is 0 Å². The number of ether oxygens (including phenoxy) is 1. The molecule has 1 heterocycles. The Kier molecular flexibility index (Phi) is 4.88. The Morgan fingerprint density at radius 1 is 1.33 bits per heavy atom. The summed E-state index contributed by atoms with van der Waals surface area (Å²) in [5, 5.41) is 0. The molecule has 116 valence electrons. The van der Waals surface area contributed by atoms with Crippen molar-refractivity contribution in [2.24, 2.45) is 11.8 Å². The molecule has 1 aromatic carbocycles. The van der Waals surface area contributed by atoms with Crippen LogP contribution >= 0.6 is 15.9 Å². The first-order chi connectivity index (χ1) is 10.2. The van der Waals surface area contributed by atoms with Crippen LogP contribution in [0.3, 0.4) is 0 Å². The number of fused-ring (bicyclic) bond motifs is 1. The van der Waals surface area contributed by atoms with Gasteiger partial charge in [-0.15, -0.1) is 0 Å². The molecule has 1 nitrogen and oxygen atoms in total. The zero-order valence-corrected chi connectivity index (χ0v) is 14.2. The molecule has 2 aliphatic rings. The fourth-order valence-corrected chi connectivity index (χ4v) is 4.69. The largest absolute Gasteiger partial charge is 0.490 e. The Labute approximate surface area is 135 Å². The lowest BCUT2D eigenvalue weighted by atomic mass is 9.77. The summed E-state index contributed by atoms with van der Waals surface area (Å²) in [4.78, 5) is 0.620. The lowest BCUT2D eigenvalue weighted by Gasteiger charge is -2.34. The molecule has 3 heteroatoms. The van der Waals surface area contributed by atoms with Crippen molar-refractivity contribution in [3.8, 4) is 5.75 Å². The highest BCUT2D eigenvalue weighted by Crippen LogP contribution is 2.40. The summed E-state index contributed by atoms with van der Waals surface area (Å²) in [6.07, 6.45) is 8.78. The Bertz CT molecular complexity index is 490. The third kappa shape index (κ3) is 3.61. The molecular weight excluding hydrogens is 331 g/mol. The molecule has 4 atom stereocenters. The standard InChI is InChI=1S/C18H24BrFO/c1-2-3-12-4-6-17(19)13(8-12)10-16-11-14-9-15(20)5-7-18(14)21-16/h5,7,9,12-13,16-17H,2-4,6,8,10-11H2,1H3. The second-order valence-corrected chi connectivity index (χ2v) is 7.85. The van der Waals surface area contributed by atoms with Crippen LogP contribution in [0.15, 0.2) is 18.2 Å². The van der Waals surface area contributed by atoms with Gasteiger partial charge >= 0.3 is 0 Å². The van der Waals surface area contributed by atoms with E-state index in [-0.39, 0.29) is 11.9 Å². The summed E-state index contributed by atoms with van der Waals surface area (Å²) < 4.78 is 19.3. The molecule has 4 unspecified atom stereocenters. The number of hydrogen-bond acceptors (Lipinski definition) is 1. The second-order valence-electron chi connectivity index (χ2n) is 6.68. The van der Waals surface area contributed by atoms with Gasteiger partial charge in [0.2, 0.25) is 0 Å². The number of rotatable bonds is 4. The predicted molar refractivity (Wildman–Crippen MR) is 87.6 cm³/mol. The summed E-state index contributed by atoms with van der Waals surface area (Å²) in [6, 6.07) is 4.89. The van der Waals surface area contributed by atoms with Gasteiger partial charge in [0, 0.05) is 16.8 Å². The van der Waals surface area contributed by atoms with Crippen molar-refractivity contribution in [3.05, 3.63) is 29.6 Å². The van der Waals surface area contributed by atoms with Crippen LogP contribution in [-0.4, -0.2) is 10.9 Å². The van der Waals surface area contributed by atoms with E-state index in [9.17, 15) is 4.39 Å². The minimum absolute atomic E-state index is 0.156. The molecule has 0 bridgehead atoms. The number of benzene rings is 1. The SMILES string of the molecule is CCCC1CCC(Br)C(CC2Cc3cc(F)ccc3O2)C1. The third-order valence-electron chi connectivity index (χ3n) is 5.02. The molecule has 0 amide bonds. The molecule has 0 saturated heterocycles. The first kappa shape index (κ1) is 15.3. The highest BCUT2D eigenvalue weighted by molar-refractivity contribution is 9.09. The smallest absolute Gasteiger partial charge is 0.123 e. The lowest BCUT2D eigenvalue weighted by Crippen LogP contribution is -2.30. The minimum Gasteiger partial charge on any atom is -0.490 e. The molecule has 1 aromatic rings. The molecule has 0 radical (unpaired) electrons. The van der Waals surface area contributed by atoms with E-state index in [1.807, 2.05) is 0 Å². The number of alkyl halides is 1. The van der Waals surface area contributed by atoms with E-state index in [0.717, 1.165) is 30.1 Å². The average molecular weight is 355 g/mol. The zero-order valence-electron chi connectivity index (χ0n) is 12.7. The fraction of sp³-hybridized carbons (Fsp3) is 0.667. The van der Waals surface area contributed by atoms with E-state index >= 15 is 0 Å². The molecule has 21 heavy (non-hydrogen) atoms. The molecule has 0 N–H and O–H groups in total. The number of hydrogen-bond donors (Lipinski definition) is 0. The van der Waals surface area contributed by atoms with Gasteiger partial charge in [-0.1, -0.05) is 35.7 Å². The molecule has 1 saturated carbocycles. The van der Waals surface area contributed by atoms with Crippen LogP contribution in [0.2, 0.25) is 0 Å². The summed E-state index contributed by atoms with van der Waals surface area (Å²) in [5.74, 6) is 2.31. The second kappa shape index (κ2) is 6.68. The monoisotopic (exact) mass is 354 g/mol. The summed E-state index contributed by atoms with van der Waals surface area (Å²) >= 11 is 3.87. The van der Waals surface area contributed by atoms with Gasteiger partial charge in [0.05, 0.1) is 0 Å². The van der Waals surface area contributed by atoms with Crippen LogP contribution < -0.4 is 4.74 Å². The molecule has 1 aliphatic carbocycles. The first-order valence-corrected chi connectivity index (χ1v) is 9.16. The van der Waals surface area contributed by atoms with Crippen molar-refractivity contribution >= 4 is 15.9 Å². The van der Waals surface area contributed by atoms with E-state index in [1.165, 1.54) is 38.2 Å².